The van der Waals surface area contributed by atoms with Gasteiger partial charge in [-0.3, -0.25) is 0 Å². The predicted molar refractivity (Wildman–Crippen MR) is 73.8 cm³/mol. The fourth-order valence-corrected chi connectivity index (χ4v) is 2.27. The number of nitrogens with zero attached hydrogens (tertiary/aromatic N) is 4. The summed E-state index contributed by atoms with van der Waals surface area (Å²) in [5, 5.41) is 7.84. The molecule has 1 saturated carbocycles. The first-order chi connectivity index (χ1) is 9.24. The van der Waals surface area contributed by atoms with Gasteiger partial charge in [0.15, 0.2) is 0 Å². The van der Waals surface area contributed by atoms with Crippen molar-refractivity contribution in [3.8, 4) is 0 Å². The molecule has 1 aliphatic rings. The van der Waals surface area contributed by atoms with E-state index in [1.54, 1.807) is 6.33 Å². The third-order valence-electron chi connectivity index (χ3n) is 3.52. The summed E-state index contributed by atoms with van der Waals surface area (Å²) in [5.74, 6) is 1.01. The smallest absolute Gasteiger partial charge is 0.147 e. The summed E-state index contributed by atoms with van der Waals surface area (Å²) in [5.41, 5.74) is 1.31. The van der Waals surface area contributed by atoms with E-state index in [2.05, 4.69) is 52.1 Å². The third kappa shape index (κ3) is 2.87. The van der Waals surface area contributed by atoms with Gasteiger partial charge in [-0.1, -0.05) is 0 Å². The van der Waals surface area contributed by atoms with Crippen LogP contribution in [0.4, 0.5) is 0 Å². The minimum absolute atomic E-state index is 0.348. The molecule has 3 rings (SSSR count). The number of nitrogens with one attached hydrogen (secondary N) is 1. The van der Waals surface area contributed by atoms with Gasteiger partial charge in [0.2, 0.25) is 0 Å². The molecule has 5 heteroatoms. The second-order valence-corrected chi connectivity index (χ2v) is 5.50. The molecule has 2 aromatic rings. The second-order valence-electron chi connectivity index (χ2n) is 5.50. The Kier molecular flexibility index (Phi) is 3.38. The van der Waals surface area contributed by atoms with Crippen LogP contribution in [0.5, 0.6) is 0 Å². The van der Waals surface area contributed by atoms with Gasteiger partial charge < -0.3 is 9.88 Å². The topological polar surface area (TPSA) is 47.7 Å². The van der Waals surface area contributed by atoms with Crippen molar-refractivity contribution in [3.63, 3.8) is 0 Å². The molecule has 0 aromatic carbocycles. The van der Waals surface area contributed by atoms with Crippen molar-refractivity contribution < 1.29 is 0 Å². The van der Waals surface area contributed by atoms with Crippen LogP contribution >= 0.6 is 0 Å². The van der Waals surface area contributed by atoms with Crippen molar-refractivity contribution in [2.75, 3.05) is 0 Å². The molecule has 0 atom stereocenters. The summed E-state index contributed by atoms with van der Waals surface area (Å²) in [6, 6.07) is 5.36. The van der Waals surface area contributed by atoms with Gasteiger partial charge in [0.05, 0.1) is 6.54 Å². The van der Waals surface area contributed by atoms with E-state index in [4.69, 9.17) is 0 Å². The Morgan fingerprint density at radius 3 is 3.00 bits per heavy atom. The van der Waals surface area contributed by atoms with E-state index < -0.39 is 0 Å². The highest BCUT2D eigenvalue weighted by Crippen LogP contribution is 2.19. The molecule has 0 amide bonds. The first-order valence-electron chi connectivity index (χ1n) is 7.00. The number of rotatable bonds is 6. The van der Waals surface area contributed by atoms with Gasteiger partial charge in [-0.25, -0.2) is 9.67 Å². The van der Waals surface area contributed by atoms with Gasteiger partial charge in [-0.2, -0.15) is 5.10 Å². The minimum Gasteiger partial charge on any atom is -0.343 e. The molecule has 2 aromatic heterocycles. The van der Waals surface area contributed by atoms with Crippen molar-refractivity contribution in [3.05, 3.63) is 36.2 Å². The number of hydrogen-bond donors (Lipinski definition) is 1. The van der Waals surface area contributed by atoms with Gasteiger partial charge in [0.1, 0.15) is 12.2 Å². The molecule has 0 saturated heterocycles. The van der Waals surface area contributed by atoms with E-state index in [1.807, 2.05) is 4.68 Å². The first-order valence-corrected chi connectivity index (χ1v) is 7.00. The summed E-state index contributed by atoms with van der Waals surface area (Å²) in [7, 11) is 0. The highest BCUT2D eigenvalue weighted by Gasteiger charge is 2.20. The third-order valence-corrected chi connectivity index (χ3v) is 3.52. The lowest BCUT2D eigenvalue weighted by Crippen LogP contribution is -2.19. The molecule has 0 bridgehead atoms. The lowest BCUT2D eigenvalue weighted by molar-refractivity contribution is 0.492. The fourth-order valence-electron chi connectivity index (χ4n) is 2.27. The summed E-state index contributed by atoms with van der Waals surface area (Å²) < 4.78 is 4.23. The quantitative estimate of drug-likeness (QED) is 0.862. The summed E-state index contributed by atoms with van der Waals surface area (Å²) >= 11 is 0. The monoisotopic (exact) mass is 259 g/mol. The molecule has 0 radical (unpaired) electrons. The Morgan fingerprint density at radius 2 is 2.26 bits per heavy atom. The summed E-state index contributed by atoms with van der Waals surface area (Å²) in [4.78, 5) is 4.37. The van der Waals surface area contributed by atoms with Crippen LogP contribution in [0.1, 0.15) is 44.2 Å². The zero-order chi connectivity index (χ0) is 13.2. The predicted octanol–water partition coefficient (Wildman–Crippen LogP) is 1.96. The molecule has 1 fully saturated rings. The van der Waals surface area contributed by atoms with Crippen LogP contribution in [-0.4, -0.2) is 25.4 Å². The molecule has 0 spiro atoms. The molecule has 19 heavy (non-hydrogen) atoms. The SMILES string of the molecule is CC(C)n1ncnc1Cn1cccc1CNC1CC1. The van der Waals surface area contributed by atoms with Crippen LogP contribution in [0, 0.1) is 0 Å². The zero-order valence-corrected chi connectivity index (χ0v) is 11.6. The Balaban J connectivity index is 1.71. The van der Waals surface area contributed by atoms with E-state index in [0.29, 0.717) is 6.04 Å². The van der Waals surface area contributed by atoms with Crippen LogP contribution in [-0.2, 0) is 13.1 Å². The van der Waals surface area contributed by atoms with Gasteiger partial charge in [-0.05, 0) is 38.8 Å². The average molecular weight is 259 g/mol. The molecule has 2 heterocycles. The van der Waals surface area contributed by atoms with Crippen LogP contribution in [0.15, 0.2) is 24.7 Å². The molecule has 0 aliphatic heterocycles. The maximum Gasteiger partial charge on any atom is 0.147 e. The second kappa shape index (κ2) is 5.17. The van der Waals surface area contributed by atoms with E-state index in [0.717, 1.165) is 25.0 Å². The molecular formula is C14H21N5. The van der Waals surface area contributed by atoms with Crippen molar-refractivity contribution in [2.24, 2.45) is 0 Å². The van der Waals surface area contributed by atoms with Crippen molar-refractivity contribution in [1.29, 1.82) is 0 Å². The largest absolute Gasteiger partial charge is 0.343 e. The van der Waals surface area contributed by atoms with Gasteiger partial charge in [0, 0.05) is 30.5 Å². The Morgan fingerprint density at radius 1 is 1.42 bits per heavy atom. The molecule has 1 N–H and O–H groups in total. The number of aromatic nitrogens is 4. The Bertz CT molecular complexity index is 536. The van der Waals surface area contributed by atoms with E-state index >= 15 is 0 Å². The fraction of sp³-hybridized carbons (Fsp3) is 0.571. The van der Waals surface area contributed by atoms with E-state index in [-0.39, 0.29) is 0 Å². The van der Waals surface area contributed by atoms with E-state index in [1.165, 1.54) is 18.5 Å². The Hall–Kier alpha value is -1.62. The van der Waals surface area contributed by atoms with Crippen LogP contribution < -0.4 is 5.32 Å². The standard InChI is InChI=1S/C14H21N5/c1-11(2)19-14(16-10-17-19)9-18-7-3-4-13(18)8-15-12-5-6-12/h3-4,7,10-12,15H,5-6,8-9H2,1-2H3. The highest BCUT2D eigenvalue weighted by atomic mass is 15.4. The van der Waals surface area contributed by atoms with Crippen molar-refractivity contribution in [2.45, 2.75) is 51.9 Å². The van der Waals surface area contributed by atoms with E-state index in [9.17, 15) is 0 Å². The van der Waals surface area contributed by atoms with Crippen molar-refractivity contribution in [1.82, 2.24) is 24.6 Å². The highest BCUT2D eigenvalue weighted by molar-refractivity contribution is 5.09. The Labute approximate surface area is 113 Å². The van der Waals surface area contributed by atoms with Gasteiger partial charge >= 0.3 is 0 Å². The van der Waals surface area contributed by atoms with Gasteiger partial charge in [0.25, 0.3) is 0 Å². The molecule has 102 valence electrons. The molecule has 5 nitrogen and oxygen atoms in total. The lowest BCUT2D eigenvalue weighted by Gasteiger charge is -2.12. The van der Waals surface area contributed by atoms with Crippen LogP contribution in [0.25, 0.3) is 0 Å². The maximum atomic E-state index is 4.37. The van der Waals surface area contributed by atoms with Gasteiger partial charge in [-0.15, -0.1) is 0 Å². The maximum absolute atomic E-state index is 4.37. The summed E-state index contributed by atoms with van der Waals surface area (Å²) in [6.07, 6.45) is 6.40. The molecule has 1 aliphatic carbocycles. The number of hydrogen-bond acceptors (Lipinski definition) is 3. The zero-order valence-electron chi connectivity index (χ0n) is 11.6. The first kappa shape index (κ1) is 12.4. The summed E-state index contributed by atoms with van der Waals surface area (Å²) in [6.45, 7) is 5.98. The lowest BCUT2D eigenvalue weighted by atomic mass is 10.4. The minimum atomic E-state index is 0.348. The average Bonchev–Trinajstić information content (AvgIpc) is 2.92. The van der Waals surface area contributed by atoms with Crippen molar-refractivity contribution >= 4 is 0 Å². The van der Waals surface area contributed by atoms with Crippen LogP contribution in [0.2, 0.25) is 0 Å². The molecular weight excluding hydrogens is 238 g/mol. The van der Waals surface area contributed by atoms with Crippen LogP contribution in [0.3, 0.4) is 0 Å². The normalized spacial score (nSPS) is 15.3. The molecule has 0 unspecified atom stereocenters.